The lowest BCUT2D eigenvalue weighted by Crippen LogP contribution is -2.45. The van der Waals surface area contributed by atoms with Crippen molar-refractivity contribution < 1.29 is 9.90 Å². The highest BCUT2D eigenvalue weighted by Crippen LogP contribution is 2.07. The second kappa shape index (κ2) is 4.42. The first-order chi connectivity index (χ1) is 5.72. The van der Waals surface area contributed by atoms with Crippen molar-refractivity contribution in [2.75, 3.05) is 19.7 Å². The average Bonchev–Trinajstić information content (AvgIpc) is 1.97. The van der Waals surface area contributed by atoms with Gasteiger partial charge in [0.2, 0.25) is 5.91 Å². The minimum Gasteiger partial charge on any atom is -0.394 e. The molecule has 4 nitrogen and oxygen atoms in total. The van der Waals surface area contributed by atoms with Gasteiger partial charge in [-0.05, 0) is 25.9 Å². The number of carbonyl (C=O) groups excluding carboxylic acids is 1. The molecule has 4 heteroatoms. The van der Waals surface area contributed by atoms with E-state index in [0.717, 1.165) is 13.1 Å². The van der Waals surface area contributed by atoms with E-state index in [2.05, 4.69) is 10.6 Å². The van der Waals surface area contributed by atoms with Crippen molar-refractivity contribution in [3.8, 4) is 0 Å². The van der Waals surface area contributed by atoms with Gasteiger partial charge in [0.05, 0.1) is 6.61 Å². The fraction of sp³-hybridized carbons (Fsp3) is 0.875. The Labute approximate surface area is 72.3 Å². The molecule has 0 radical (unpaired) electrons. The largest absolute Gasteiger partial charge is 0.394 e. The van der Waals surface area contributed by atoms with E-state index in [1.165, 1.54) is 0 Å². The van der Waals surface area contributed by atoms with E-state index in [1.54, 1.807) is 6.92 Å². The molecule has 0 aromatic rings. The van der Waals surface area contributed by atoms with E-state index in [1.807, 2.05) is 0 Å². The maximum atomic E-state index is 11.2. The van der Waals surface area contributed by atoms with Crippen LogP contribution in [0, 0.1) is 5.92 Å². The number of aliphatic hydroxyl groups excluding tert-OH is 1. The number of hydrogen-bond donors (Lipinski definition) is 3. The van der Waals surface area contributed by atoms with Gasteiger partial charge in [-0.15, -0.1) is 0 Å². The first-order valence-corrected chi connectivity index (χ1v) is 4.33. The molecule has 3 N–H and O–H groups in total. The molecule has 0 aliphatic carbocycles. The highest BCUT2D eigenvalue weighted by molar-refractivity contribution is 5.76. The highest BCUT2D eigenvalue weighted by atomic mass is 16.3. The second-order valence-corrected chi connectivity index (χ2v) is 3.38. The van der Waals surface area contributed by atoms with Gasteiger partial charge < -0.3 is 15.7 Å². The third-order valence-corrected chi connectivity index (χ3v) is 2.02. The summed E-state index contributed by atoms with van der Waals surface area (Å²) in [5, 5.41) is 14.5. The van der Waals surface area contributed by atoms with E-state index in [-0.39, 0.29) is 18.6 Å². The van der Waals surface area contributed by atoms with Crippen LogP contribution in [0.15, 0.2) is 0 Å². The Morgan fingerprint density at radius 2 is 2.42 bits per heavy atom. The molecule has 1 amide bonds. The van der Waals surface area contributed by atoms with E-state index in [0.29, 0.717) is 12.3 Å². The molecular formula is C8H16N2O2. The fourth-order valence-corrected chi connectivity index (χ4v) is 1.13. The van der Waals surface area contributed by atoms with Gasteiger partial charge in [0.25, 0.3) is 0 Å². The molecule has 1 saturated heterocycles. The quantitative estimate of drug-likeness (QED) is 0.514. The molecule has 1 aliphatic heterocycles. The summed E-state index contributed by atoms with van der Waals surface area (Å²) in [5.74, 6) is 0.541. The molecule has 0 saturated carbocycles. The fourth-order valence-electron chi connectivity index (χ4n) is 1.13. The predicted octanol–water partition coefficient (Wildman–Crippen LogP) is -0.907. The van der Waals surface area contributed by atoms with Gasteiger partial charge in [-0.2, -0.15) is 0 Å². The van der Waals surface area contributed by atoms with Crippen LogP contribution in [0.5, 0.6) is 0 Å². The Hall–Kier alpha value is -0.610. The monoisotopic (exact) mass is 172 g/mol. The topological polar surface area (TPSA) is 61.4 Å². The summed E-state index contributed by atoms with van der Waals surface area (Å²) in [6.07, 6.45) is 0.581. The molecule has 0 aromatic carbocycles. The zero-order valence-corrected chi connectivity index (χ0v) is 7.34. The summed E-state index contributed by atoms with van der Waals surface area (Å²) in [7, 11) is 0. The lowest BCUT2D eigenvalue weighted by molar-refractivity contribution is -0.123. The van der Waals surface area contributed by atoms with Crippen LogP contribution in [-0.4, -0.2) is 36.8 Å². The van der Waals surface area contributed by atoms with E-state index in [4.69, 9.17) is 5.11 Å². The lowest BCUT2D eigenvalue weighted by Gasteiger charge is -2.26. The second-order valence-electron chi connectivity index (χ2n) is 3.38. The Balaban J connectivity index is 2.10. The summed E-state index contributed by atoms with van der Waals surface area (Å²) in [4.78, 5) is 11.2. The summed E-state index contributed by atoms with van der Waals surface area (Å²) in [6, 6.07) is -0.120. The van der Waals surface area contributed by atoms with Crippen LogP contribution in [0.3, 0.4) is 0 Å². The van der Waals surface area contributed by atoms with Gasteiger partial charge in [-0.1, -0.05) is 0 Å². The minimum absolute atomic E-state index is 0.00859. The molecule has 70 valence electrons. The lowest BCUT2D eigenvalue weighted by atomic mass is 9.99. The number of aliphatic hydroxyl groups is 1. The third kappa shape index (κ3) is 2.79. The van der Waals surface area contributed by atoms with Gasteiger partial charge in [0, 0.05) is 12.5 Å². The molecule has 0 unspecified atom stereocenters. The maximum absolute atomic E-state index is 11.2. The third-order valence-electron chi connectivity index (χ3n) is 2.02. The molecule has 0 spiro atoms. The first kappa shape index (κ1) is 9.48. The van der Waals surface area contributed by atoms with Crippen LogP contribution in [0.4, 0.5) is 0 Å². The van der Waals surface area contributed by atoms with Crippen LogP contribution in [0.25, 0.3) is 0 Å². The zero-order chi connectivity index (χ0) is 8.97. The number of rotatable bonds is 4. The SMILES string of the molecule is C[C@@H](CO)NC(=O)CC1CNC1. The molecular weight excluding hydrogens is 156 g/mol. The van der Waals surface area contributed by atoms with Crippen molar-refractivity contribution in [2.24, 2.45) is 5.92 Å². The maximum Gasteiger partial charge on any atom is 0.220 e. The molecule has 1 atom stereocenters. The van der Waals surface area contributed by atoms with Gasteiger partial charge in [-0.3, -0.25) is 4.79 Å². The van der Waals surface area contributed by atoms with Gasteiger partial charge in [0.1, 0.15) is 0 Å². The normalized spacial score (nSPS) is 19.8. The molecule has 0 aromatic heterocycles. The van der Waals surface area contributed by atoms with Gasteiger partial charge in [-0.25, -0.2) is 0 Å². The van der Waals surface area contributed by atoms with Gasteiger partial charge >= 0.3 is 0 Å². The predicted molar refractivity (Wildman–Crippen MR) is 45.7 cm³/mol. The van der Waals surface area contributed by atoms with E-state index < -0.39 is 0 Å². The summed E-state index contributed by atoms with van der Waals surface area (Å²) in [6.45, 7) is 3.69. The van der Waals surface area contributed by atoms with Crippen LogP contribution < -0.4 is 10.6 Å². The molecule has 1 fully saturated rings. The van der Waals surface area contributed by atoms with Crippen LogP contribution >= 0.6 is 0 Å². The summed E-state index contributed by atoms with van der Waals surface area (Å²) < 4.78 is 0. The van der Waals surface area contributed by atoms with Crippen molar-refractivity contribution in [2.45, 2.75) is 19.4 Å². The smallest absolute Gasteiger partial charge is 0.220 e. The Morgan fingerprint density at radius 3 is 2.83 bits per heavy atom. The average molecular weight is 172 g/mol. The number of nitrogens with one attached hydrogen (secondary N) is 2. The van der Waals surface area contributed by atoms with Crippen molar-refractivity contribution in [3.63, 3.8) is 0 Å². The Kier molecular flexibility index (Phi) is 3.49. The van der Waals surface area contributed by atoms with Crippen LogP contribution in [-0.2, 0) is 4.79 Å². The number of carbonyl (C=O) groups is 1. The molecule has 1 aliphatic rings. The molecule has 0 bridgehead atoms. The standard InChI is InChI=1S/C8H16N2O2/c1-6(5-11)10-8(12)2-7-3-9-4-7/h6-7,9,11H,2-5H2,1H3,(H,10,12)/t6-/m0/s1. The molecule has 1 heterocycles. The van der Waals surface area contributed by atoms with Crippen molar-refractivity contribution >= 4 is 5.91 Å². The van der Waals surface area contributed by atoms with Crippen molar-refractivity contribution in [3.05, 3.63) is 0 Å². The van der Waals surface area contributed by atoms with Crippen LogP contribution in [0.2, 0.25) is 0 Å². The van der Waals surface area contributed by atoms with E-state index >= 15 is 0 Å². The number of hydrogen-bond acceptors (Lipinski definition) is 3. The van der Waals surface area contributed by atoms with Gasteiger partial charge in [0.15, 0.2) is 0 Å². The zero-order valence-electron chi connectivity index (χ0n) is 7.34. The first-order valence-electron chi connectivity index (χ1n) is 4.33. The minimum atomic E-state index is -0.120. The van der Waals surface area contributed by atoms with Crippen LogP contribution in [0.1, 0.15) is 13.3 Å². The number of amides is 1. The highest BCUT2D eigenvalue weighted by Gasteiger charge is 2.20. The molecule has 1 rings (SSSR count). The Bertz CT molecular complexity index is 148. The van der Waals surface area contributed by atoms with E-state index in [9.17, 15) is 4.79 Å². The molecule has 12 heavy (non-hydrogen) atoms. The summed E-state index contributed by atoms with van der Waals surface area (Å²) >= 11 is 0. The summed E-state index contributed by atoms with van der Waals surface area (Å²) in [5.41, 5.74) is 0. The van der Waals surface area contributed by atoms with Crippen molar-refractivity contribution in [1.29, 1.82) is 0 Å². The van der Waals surface area contributed by atoms with Crippen molar-refractivity contribution in [1.82, 2.24) is 10.6 Å². The Morgan fingerprint density at radius 1 is 1.75 bits per heavy atom.